The van der Waals surface area contributed by atoms with Crippen LogP contribution in [-0.2, 0) is 0 Å². The van der Waals surface area contributed by atoms with E-state index in [0.717, 1.165) is 0 Å². The second kappa shape index (κ2) is 3.29. The summed E-state index contributed by atoms with van der Waals surface area (Å²) in [7, 11) is 0. The molecule has 0 unspecified atom stereocenters. The zero-order valence-corrected chi connectivity index (χ0v) is 10.7. The molecule has 0 atom stereocenters. The van der Waals surface area contributed by atoms with E-state index in [0.29, 0.717) is 5.41 Å². The van der Waals surface area contributed by atoms with E-state index < -0.39 is 0 Å². The molecule has 0 aromatic heterocycles. The Kier molecular flexibility index (Phi) is 3.06. The summed E-state index contributed by atoms with van der Waals surface area (Å²) >= 11 is 4.95. The number of hydrogen-bond donors (Lipinski definition) is 0. The van der Waals surface area contributed by atoms with Crippen LogP contribution in [0.25, 0.3) is 0 Å². The van der Waals surface area contributed by atoms with E-state index in [-0.39, 0.29) is 0 Å². The summed E-state index contributed by atoms with van der Waals surface area (Å²) < 4.78 is 3.16. The van der Waals surface area contributed by atoms with E-state index in [1.54, 1.807) is 7.16 Å². The van der Waals surface area contributed by atoms with Crippen molar-refractivity contribution in [2.24, 2.45) is 5.41 Å². The maximum absolute atomic E-state index is 2.48. The second-order valence-electron chi connectivity index (χ2n) is 3.65. The lowest BCUT2D eigenvalue weighted by Crippen LogP contribution is -2.14. The molecular formula is C8H12I2. The van der Waals surface area contributed by atoms with Crippen LogP contribution in [0.1, 0.15) is 33.1 Å². The van der Waals surface area contributed by atoms with Crippen molar-refractivity contribution in [2.45, 2.75) is 33.1 Å². The Labute approximate surface area is 90.1 Å². The van der Waals surface area contributed by atoms with Crippen LogP contribution < -0.4 is 0 Å². The van der Waals surface area contributed by atoms with E-state index >= 15 is 0 Å². The fourth-order valence-electron chi connectivity index (χ4n) is 1.19. The summed E-state index contributed by atoms with van der Waals surface area (Å²) in [6.45, 7) is 4.71. The van der Waals surface area contributed by atoms with Gasteiger partial charge in [-0.2, -0.15) is 0 Å². The van der Waals surface area contributed by atoms with Crippen LogP contribution in [0, 0.1) is 5.41 Å². The molecule has 0 aromatic carbocycles. The third kappa shape index (κ3) is 2.36. The van der Waals surface area contributed by atoms with Gasteiger partial charge in [0.05, 0.1) is 0 Å². The highest BCUT2D eigenvalue weighted by atomic mass is 127. The Balaban J connectivity index is 2.72. The van der Waals surface area contributed by atoms with Gasteiger partial charge >= 0.3 is 0 Å². The van der Waals surface area contributed by atoms with Gasteiger partial charge in [0.25, 0.3) is 0 Å². The third-order valence-electron chi connectivity index (χ3n) is 1.95. The van der Waals surface area contributed by atoms with Crippen molar-refractivity contribution in [3.63, 3.8) is 0 Å². The van der Waals surface area contributed by atoms with Gasteiger partial charge in [-0.25, -0.2) is 0 Å². The van der Waals surface area contributed by atoms with Crippen LogP contribution in [0.4, 0.5) is 0 Å². The fraction of sp³-hybridized carbons (Fsp3) is 0.750. The Hall–Kier alpha value is 1.20. The lowest BCUT2D eigenvalue weighted by atomic mass is 9.81. The zero-order chi connectivity index (χ0) is 7.78. The van der Waals surface area contributed by atoms with Crippen LogP contribution in [0.2, 0.25) is 0 Å². The first kappa shape index (κ1) is 9.29. The van der Waals surface area contributed by atoms with Crippen molar-refractivity contribution >= 4 is 45.2 Å². The van der Waals surface area contributed by atoms with Crippen molar-refractivity contribution < 1.29 is 0 Å². The van der Waals surface area contributed by atoms with Crippen LogP contribution in [0.3, 0.4) is 0 Å². The first-order valence-electron chi connectivity index (χ1n) is 3.54. The first-order valence-corrected chi connectivity index (χ1v) is 5.70. The minimum Gasteiger partial charge on any atom is -0.0596 e. The van der Waals surface area contributed by atoms with Crippen molar-refractivity contribution in [3.8, 4) is 0 Å². The van der Waals surface area contributed by atoms with Crippen LogP contribution in [0.5, 0.6) is 0 Å². The van der Waals surface area contributed by atoms with Crippen LogP contribution >= 0.6 is 45.2 Å². The maximum atomic E-state index is 2.48. The van der Waals surface area contributed by atoms with Gasteiger partial charge in [-0.1, -0.05) is 13.8 Å². The van der Waals surface area contributed by atoms with Crippen molar-refractivity contribution in [1.29, 1.82) is 0 Å². The Morgan fingerprint density at radius 2 is 1.80 bits per heavy atom. The van der Waals surface area contributed by atoms with Crippen molar-refractivity contribution in [2.75, 3.05) is 0 Å². The standard InChI is InChI=1S/C8H12I2/c1-8(2)4-3-6(9)7(10)5-8/h3-5H2,1-2H3. The monoisotopic (exact) mass is 362 g/mol. The molecule has 0 saturated heterocycles. The van der Waals surface area contributed by atoms with E-state index in [2.05, 4.69) is 59.0 Å². The summed E-state index contributed by atoms with van der Waals surface area (Å²) in [5.41, 5.74) is 0.561. The fourth-order valence-corrected chi connectivity index (χ4v) is 2.95. The van der Waals surface area contributed by atoms with Gasteiger partial charge in [-0.3, -0.25) is 0 Å². The zero-order valence-electron chi connectivity index (χ0n) is 6.38. The van der Waals surface area contributed by atoms with E-state index in [9.17, 15) is 0 Å². The molecule has 0 fully saturated rings. The molecule has 0 aromatic rings. The van der Waals surface area contributed by atoms with Gasteiger partial charge in [0.1, 0.15) is 0 Å². The quantitative estimate of drug-likeness (QED) is 0.565. The molecule has 10 heavy (non-hydrogen) atoms. The average Bonchev–Trinajstić information content (AvgIpc) is 1.79. The Morgan fingerprint density at radius 1 is 1.20 bits per heavy atom. The molecule has 0 amide bonds. The lowest BCUT2D eigenvalue weighted by Gasteiger charge is -2.29. The summed E-state index contributed by atoms with van der Waals surface area (Å²) in [5.74, 6) is 0. The van der Waals surface area contributed by atoms with Gasteiger partial charge < -0.3 is 0 Å². The number of allylic oxidation sites excluding steroid dienone is 2. The van der Waals surface area contributed by atoms with E-state index in [4.69, 9.17) is 0 Å². The molecule has 0 radical (unpaired) electrons. The van der Waals surface area contributed by atoms with Gasteiger partial charge in [-0.05, 0) is 73.4 Å². The summed E-state index contributed by atoms with van der Waals surface area (Å²) in [5, 5.41) is 0. The summed E-state index contributed by atoms with van der Waals surface area (Å²) in [4.78, 5) is 0. The van der Waals surface area contributed by atoms with Crippen LogP contribution in [0.15, 0.2) is 7.16 Å². The summed E-state index contributed by atoms with van der Waals surface area (Å²) in [6.07, 6.45) is 3.94. The molecule has 0 spiro atoms. The van der Waals surface area contributed by atoms with E-state index in [1.165, 1.54) is 19.3 Å². The molecule has 0 bridgehead atoms. The molecule has 1 rings (SSSR count). The third-order valence-corrected chi connectivity index (χ3v) is 5.20. The van der Waals surface area contributed by atoms with Crippen LogP contribution in [-0.4, -0.2) is 0 Å². The minimum absolute atomic E-state index is 0.561. The van der Waals surface area contributed by atoms with Gasteiger partial charge in [-0.15, -0.1) is 0 Å². The molecule has 0 saturated carbocycles. The highest BCUT2D eigenvalue weighted by molar-refractivity contribution is 14.1. The van der Waals surface area contributed by atoms with E-state index in [1.807, 2.05) is 0 Å². The molecular weight excluding hydrogens is 350 g/mol. The highest BCUT2D eigenvalue weighted by Gasteiger charge is 2.24. The number of halogens is 2. The maximum Gasteiger partial charge on any atom is 0.000389 e. The SMILES string of the molecule is CC1(C)CCC(I)=C(I)C1. The molecule has 2 heteroatoms. The predicted octanol–water partition coefficient (Wildman–Crippen LogP) is 4.28. The molecule has 0 heterocycles. The molecule has 0 N–H and O–H groups in total. The van der Waals surface area contributed by atoms with Gasteiger partial charge in [0.2, 0.25) is 0 Å². The first-order chi connectivity index (χ1) is 4.51. The second-order valence-corrected chi connectivity index (χ2v) is 6.26. The highest BCUT2D eigenvalue weighted by Crippen LogP contribution is 2.43. The number of hydrogen-bond acceptors (Lipinski definition) is 0. The summed E-state index contributed by atoms with van der Waals surface area (Å²) in [6, 6.07) is 0. The Morgan fingerprint density at radius 3 is 2.20 bits per heavy atom. The molecule has 0 aliphatic heterocycles. The smallest absolute Gasteiger partial charge is 0.000389 e. The molecule has 1 aliphatic carbocycles. The van der Waals surface area contributed by atoms with Gasteiger partial charge in [0, 0.05) is 3.58 Å². The Bertz CT molecular complexity index is 168. The minimum atomic E-state index is 0.561. The number of rotatable bonds is 0. The average molecular weight is 362 g/mol. The molecule has 0 nitrogen and oxygen atoms in total. The predicted molar refractivity (Wildman–Crippen MR) is 62.7 cm³/mol. The van der Waals surface area contributed by atoms with Gasteiger partial charge in [0.15, 0.2) is 0 Å². The van der Waals surface area contributed by atoms with Crippen molar-refractivity contribution in [1.82, 2.24) is 0 Å². The molecule has 1 aliphatic rings. The topological polar surface area (TPSA) is 0 Å². The largest absolute Gasteiger partial charge is 0.0596 e. The normalized spacial score (nSPS) is 25.2. The van der Waals surface area contributed by atoms with Crippen molar-refractivity contribution in [3.05, 3.63) is 7.16 Å². The molecule has 58 valence electrons. The lowest BCUT2D eigenvalue weighted by molar-refractivity contribution is 0.328.